The Kier molecular flexibility index (Phi) is 2.96. The molecule has 0 aromatic carbocycles. The van der Waals surface area contributed by atoms with Gasteiger partial charge in [0.1, 0.15) is 5.92 Å². The van der Waals surface area contributed by atoms with Crippen LogP contribution in [0, 0.1) is 39.2 Å². The van der Waals surface area contributed by atoms with Crippen LogP contribution in [0.25, 0.3) is 0 Å². The van der Waals surface area contributed by atoms with E-state index in [0.29, 0.717) is 17.8 Å². The number of nitro groups is 1. The maximum atomic E-state index is 12.6. The number of nitrogens with zero attached hydrogens (tertiary/aromatic N) is 1. The molecule has 0 aliphatic heterocycles. The van der Waals surface area contributed by atoms with Crippen molar-refractivity contribution in [1.29, 1.82) is 0 Å². The minimum absolute atomic E-state index is 0.0850. The van der Waals surface area contributed by atoms with E-state index >= 15 is 0 Å². The highest BCUT2D eigenvalue weighted by Crippen LogP contribution is 2.60. The number of hydrogen-bond donors (Lipinski definition) is 2. The van der Waals surface area contributed by atoms with Crippen molar-refractivity contribution in [3.8, 4) is 0 Å². The summed E-state index contributed by atoms with van der Waals surface area (Å²) >= 11 is 0. The van der Waals surface area contributed by atoms with Crippen molar-refractivity contribution in [2.45, 2.75) is 51.0 Å². The third kappa shape index (κ3) is 2.18. The fourth-order valence-corrected chi connectivity index (χ4v) is 5.43. The zero-order valence-corrected chi connectivity index (χ0v) is 12.4. The second-order valence-electron chi connectivity index (χ2n) is 7.84. The maximum Gasteiger partial charge on any atom is 0.248 e. The van der Waals surface area contributed by atoms with Crippen molar-refractivity contribution in [3.63, 3.8) is 0 Å². The van der Waals surface area contributed by atoms with Gasteiger partial charge in [0.25, 0.3) is 0 Å². The third-order valence-electron chi connectivity index (χ3n) is 6.18. The summed E-state index contributed by atoms with van der Waals surface area (Å²) in [5, 5.41) is 10.6. The molecule has 0 saturated heterocycles. The molecule has 0 spiro atoms. The highest BCUT2D eigenvalue weighted by molar-refractivity contribution is 5.88. The molecule has 5 fully saturated rings. The summed E-state index contributed by atoms with van der Waals surface area (Å²) in [6.07, 6.45) is 6.83. The fourth-order valence-electron chi connectivity index (χ4n) is 5.43. The van der Waals surface area contributed by atoms with E-state index in [1.54, 1.807) is 0 Å². The van der Waals surface area contributed by atoms with Gasteiger partial charge in [0.05, 0.1) is 5.41 Å². The van der Waals surface area contributed by atoms with Gasteiger partial charge in [-0.05, 0) is 56.3 Å². The van der Waals surface area contributed by atoms with Crippen LogP contribution in [0.3, 0.4) is 0 Å². The molecule has 7 nitrogen and oxygen atoms in total. The largest absolute Gasteiger partial charge is 0.273 e. The molecule has 5 rings (SSSR count). The molecule has 0 aromatic heterocycles. The lowest BCUT2D eigenvalue weighted by Gasteiger charge is -2.55. The lowest BCUT2D eigenvalue weighted by Crippen LogP contribution is -2.57. The van der Waals surface area contributed by atoms with Crippen molar-refractivity contribution < 1.29 is 14.5 Å². The number of hydrazine groups is 1. The predicted molar refractivity (Wildman–Crippen MR) is 75.8 cm³/mol. The van der Waals surface area contributed by atoms with Crippen LogP contribution in [0.15, 0.2) is 0 Å². The molecule has 2 N–H and O–H groups in total. The van der Waals surface area contributed by atoms with Crippen LogP contribution in [0.1, 0.15) is 44.9 Å². The second-order valence-corrected chi connectivity index (χ2v) is 7.84. The molecule has 4 bridgehead atoms. The summed E-state index contributed by atoms with van der Waals surface area (Å²) in [6.45, 7) is 0. The van der Waals surface area contributed by atoms with Crippen molar-refractivity contribution in [2.24, 2.45) is 29.1 Å². The van der Waals surface area contributed by atoms with E-state index in [1.807, 2.05) is 0 Å². The predicted octanol–water partition coefficient (Wildman–Crippen LogP) is 1.02. The molecule has 0 heterocycles. The molecular formula is C15H21N3O4. The molecule has 0 unspecified atom stereocenters. The number of amides is 2. The van der Waals surface area contributed by atoms with Gasteiger partial charge in [0.15, 0.2) is 0 Å². The summed E-state index contributed by atoms with van der Waals surface area (Å²) < 4.78 is 0. The van der Waals surface area contributed by atoms with Crippen molar-refractivity contribution in [3.05, 3.63) is 10.1 Å². The molecule has 120 valence electrons. The first-order valence-electron chi connectivity index (χ1n) is 8.20. The normalized spacial score (nSPS) is 44.5. The molecule has 22 heavy (non-hydrogen) atoms. The monoisotopic (exact) mass is 307 g/mol. The molecule has 2 amide bonds. The van der Waals surface area contributed by atoms with Gasteiger partial charge in [-0.25, -0.2) is 0 Å². The summed E-state index contributed by atoms with van der Waals surface area (Å²) in [7, 11) is 0. The average Bonchev–Trinajstić information content (AvgIpc) is 3.23. The van der Waals surface area contributed by atoms with Crippen LogP contribution in [0.5, 0.6) is 0 Å². The van der Waals surface area contributed by atoms with Gasteiger partial charge >= 0.3 is 0 Å². The van der Waals surface area contributed by atoms with Gasteiger partial charge in [-0.1, -0.05) is 0 Å². The fraction of sp³-hybridized carbons (Fsp3) is 0.867. The van der Waals surface area contributed by atoms with Crippen LogP contribution >= 0.6 is 0 Å². The number of rotatable bonds is 3. The summed E-state index contributed by atoms with van der Waals surface area (Å²) in [5.74, 6) is 0.879. The summed E-state index contributed by atoms with van der Waals surface area (Å²) in [6, 6.07) is -0.781. The number of hydrogen-bond acceptors (Lipinski definition) is 4. The zero-order chi connectivity index (χ0) is 15.5. The quantitative estimate of drug-likeness (QED) is 0.600. The molecule has 5 saturated carbocycles. The Morgan fingerprint density at radius 3 is 1.95 bits per heavy atom. The third-order valence-corrected chi connectivity index (χ3v) is 6.18. The molecule has 0 aromatic rings. The summed E-state index contributed by atoms with van der Waals surface area (Å²) in [5.41, 5.74) is 4.66. The molecular weight excluding hydrogens is 286 g/mol. The Labute approximate surface area is 128 Å². The summed E-state index contributed by atoms with van der Waals surface area (Å²) in [4.78, 5) is 34.6. The van der Waals surface area contributed by atoms with Crippen molar-refractivity contribution >= 4 is 11.8 Å². The first-order valence-corrected chi connectivity index (χ1v) is 8.20. The van der Waals surface area contributed by atoms with Gasteiger partial charge in [-0.15, -0.1) is 0 Å². The van der Waals surface area contributed by atoms with Crippen LogP contribution in [-0.4, -0.2) is 22.8 Å². The molecule has 7 heteroatoms. The van der Waals surface area contributed by atoms with E-state index in [1.165, 1.54) is 19.3 Å². The average molecular weight is 307 g/mol. The number of carbonyl (C=O) groups is 2. The Morgan fingerprint density at radius 1 is 0.955 bits per heavy atom. The first-order chi connectivity index (χ1) is 10.5. The highest BCUT2D eigenvalue weighted by atomic mass is 16.6. The maximum absolute atomic E-state index is 12.6. The molecule has 0 radical (unpaired) electrons. The SMILES string of the molecule is O=C(NNC(=O)C12CC3CC(CC(C3)C1)C2)[C@@H]1C[C@@H]1[N+](=O)[O-]. The number of nitrogens with one attached hydrogen (secondary N) is 2. The topological polar surface area (TPSA) is 101 Å². The molecule has 5 aliphatic carbocycles. The first kappa shape index (κ1) is 14.0. The Hall–Kier alpha value is -1.66. The Morgan fingerprint density at radius 2 is 1.50 bits per heavy atom. The van der Waals surface area contributed by atoms with E-state index in [0.717, 1.165) is 19.3 Å². The van der Waals surface area contributed by atoms with Crippen LogP contribution in [0.4, 0.5) is 0 Å². The van der Waals surface area contributed by atoms with E-state index in [2.05, 4.69) is 10.9 Å². The number of carbonyl (C=O) groups excluding carboxylic acids is 2. The standard InChI is InChI=1S/C15H21N3O4/c19-13(11-4-12(11)18(21)22)16-17-14(20)15-5-8-1-9(6-15)3-10(2-8)7-15/h8-12H,1-7H2,(H,16,19)(H,17,20)/t8?,9?,10?,11-,12+,15?/m1/s1. The molecule has 2 atom stereocenters. The van der Waals surface area contributed by atoms with Crippen molar-refractivity contribution in [1.82, 2.24) is 10.9 Å². The zero-order valence-electron chi connectivity index (χ0n) is 12.4. The second kappa shape index (κ2) is 4.67. The minimum atomic E-state index is -0.781. The van der Waals surface area contributed by atoms with Crippen LogP contribution in [0.2, 0.25) is 0 Å². The Balaban J connectivity index is 1.35. The van der Waals surface area contributed by atoms with Crippen LogP contribution < -0.4 is 10.9 Å². The van der Waals surface area contributed by atoms with E-state index in [-0.39, 0.29) is 17.7 Å². The van der Waals surface area contributed by atoms with Crippen molar-refractivity contribution in [2.75, 3.05) is 0 Å². The van der Waals surface area contributed by atoms with Gasteiger partial charge in [0, 0.05) is 11.3 Å². The Bertz CT molecular complexity index is 512. The minimum Gasteiger partial charge on any atom is -0.273 e. The molecule has 5 aliphatic rings. The van der Waals surface area contributed by atoms with Crippen LogP contribution in [-0.2, 0) is 9.59 Å². The lowest BCUT2D eigenvalue weighted by molar-refractivity contribution is -0.497. The van der Waals surface area contributed by atoms with Gasteiger partial charge in [-0.3, -0.25) is 30.6 Å². The van der Waals surface area contributed by atoms with Gasteiger partial charge < -0.3 is 0 Å². The van der Waals surface area contributed by atoms with E-state index in [9.17, 15) is 19.7 Å². The smallest absolute Gasteiger partial charge is 0.248 e. The van der Waals surface area contributed by atoms with Gasteiger partial charge in [-0.2, -0.15) is 0 Å². The van der Waals surface area contributed by atoms with E-state index < -0.39 is 22.8 Å². The van der Waals surface area contributed by atoms with E-state index in [4.69, 9.17) is 0 Å². The lowest BCUT2D eigenvalue weighted by atomic mass is 9.49. The highest BCUT2D eigenvalue weighted by Gasteiger charge is 2.56. The van der Waals surface area contributed by atoms with Gasteiger partial charge in [0.2, 0.25) is 17.9 Å².